The molecule has 120 valence electrons. The van der Waals surface area contributed by atoms with Crippen molar-refractivity contribution in [2.45, 2.75) is 13.5 Å². The van der Waals surface area contributed by atoms with Gasteiger partial charge in [-0.05, 0) is 48.9 Å². The summed E-state index contributed by atoms with van der Waals surface area (Å²) >= 11 is 6.07. The van der Waals surface area contributed by atoms with E-state index in [0.29, 0.717) is 22.9 Å². The fourth-order valence-corrected chi connectivity index (χ4v) is 2.65. The third-order valence-electron chi connectivity index (χ3n) is 3.70. The molecule has 1 amide bonds. The first-order chi connectivity index (χ1) is 11.6. The fourth-order valence-electron chi connectivity index (χ4n) is 2.44. The zero-order chi connectivity index (χ0) is 16.9. The van der Waals surface area contributed by atoms with Gasteiger partial charge in [0.1, 0.15) is 5.82 Å². The first kappa shape index (κ1) is 16.2. The molecule has 2 aromatic carbocycles. The Labute approximate surface area is 146 Å². The molecule has 0 saturated carbocycles. The van der Waals surface area contributed by atoms with Crippen LogP contribution >= 0.6 is 11.6 Å². The number of amides is 1. The number of hydrogen-bond donors (Lipinski definition) is 0. The predicted molar refractivity (Wildman–Crippen MR) is 97.4 cm³/mol. The molecule has 0 spiro atoms. The Bertz CT molecular complexity index is 832. The minimum atomic E-state index is -0.0892. The van der Waals surface area contributed by atoms with Crippen LogP contribution < -0.4 is 4.90 Å². The van der Waals surface area contributed by atoms with Gasteiger partial charge in [-0.25, -0.2) is 4.98 Å². The molecule has 0 N–H and O–H groups in total. The number of pyridine rings is 1. The van der Waals surface area contributed by atoms with Crippen molar-refractivity contribution in [2.24, 2.45) is 0 Å². The lowest BCUT2D eigenvalue weighted by Crippen LogP contribution is -2.31. The van der Waals surface area contributed by atoms with Crippen LogP contribution in [0.5, 0.6) is 0 Å². The van der Waals surface area contributed by atoms with E-state index in [1.54, 1.807) is 11.1 Å². The smallest absolute Gasteiger partial charge is 0.259 e. The summed E-state index contributed by atoms with van der Waals surface area (Å²) in [5.74, 6) is 0.525. The Hall–Kier alpha value is -2.65. The van der Waals surface area contributed by atoms with Crippen LogP contribution in [-0.4, -0.2) is 10.9 Å². The molecule has 1 heterocycles. The van der Waals surface area contributed by atoms with Crippen molar-refractivity contribution in [1.82, 2.24) is 4.98 Å². The summed E-state index contributed by atoms with van der Waals surface area (Å²) in [6.07, 6.45) is 1.68. The first-order valence-corrected chi connectivity index (χ1v) is 8.05. The van der Waals surface area contributed by atoms with Gasteiger partial charge in [0.15, 0.2) is 0 Å². The highest BCUT2D eigenvalue weighted by Crippen LogP contribution is 2.20. The molecule has 0 aliphatic heterocycles. The third kappa shape index (κ3) is 3.81. The van der Waals surface area contributed by atoms with Crippen LogP contribution in [0.25, 0.3) is 0 Å². The summed E-state index contributed by atoms with van der Waals surface area (Å²) < 4.78 is 0. The number of aryl methyl sites for hydroxylation is 1. The highest BCUT2D eigenvalue weighted by Gasteiger charge is 2.19. The van der Waals surface area contributed by atoms with Crippen molar-refractivity contribution in [3.63, 3.8) is 0 Å². The number of anilines is 1. The third-order valence-corrected chi connectivity index (χ3v) is 3.93. The van der Waals surface area contributed by atoms with Gasteiger partial charge in [-0.2, -0.15) is 0 Å². The van der Waals surface area contributed by atoms with E-state index >= 15 is 0 Å². The Kier molecular flexibility index (Phi) is 4.92. The van der Waals surface area contributed by atoms with Crippen LogP contribution in [0.3, 0.4) is 0 Å². The Morgan fingerprint density at radius 3 is 2.50 bits per heavy atom. The quantitative estimate of drug-likeness (QED) is 0.679. The lowest BCUT2D eigenvalue weighted by Gasteiger charge is -2.22. The second-order valence-corrected chi connectivity index (χ2v) is 6.01. The van der Waals surface area contributed by atoms with E-state index < -0.39 is 0 Å². The van der Waals surface area contributed by atoms with Crippen molar-refractivity contribution in [2.75, 3.05) is 4.90 Å². The van der Waals surface area contributed by atoms with Gasteiger partial charge in [0, 0.05) is 16.8 Å². The molecule has 0 radical (unpaired) electrons. The molecule has 3 nitrogen and oxygen atoms in total. The number of nitrogens with zero attached hydrogens (tertiary/aromatic N) is 2. The van der Waals surface area contributed by atoms with Gasteiger partial charge in [-0.1, -0.05) is 47.5 Å². The summed E-state index contributed by atoms with van der Waals surface area (Å²) in [4.78, 5) is 19.0. The SMILES string of the molecule is Cc1ccc(C(=O)N(Cc2cccc(Cl)c2)c2ccccn2)cc1. The van der Waals surface area contributed by atoms with Gasteiger partial charge >= 0.3 is 0 Å². The Morgan fingerprint density at radius 2 is 1.83 bits per heavy atom. The molecule has 0 bridgehead atoms. The highest BCUT2D eigenvalue weighted by molar-refractivity contribution is 6.30. The number of carbonyl (C=O) groups excluding carboxylic acids is 1. The molecule has 4 heteroatoms. The van der Waals surface area contributed by atoms with Crippen LogP contribution in [0, 0.1) is 6.92 Å². The van der Waals surface area contributed by atoms with E-state index in [0.717, 1.165) is 11.1 Å². The van der Waals surface area contributed by atoms with Gasteiger partial charge in [0.05, 0.1) is 6.54 Å². The second kappa shape index (κ2) is 7.28. The number of benzene rings is 2. The van der Waals surface area contributed by atoms with Crippen molar-refractivity contribution in [3.05, 3.63) is 94.6 Å². The molecular formula is C20H17ClN2O. The van der Waals surface area contributed by atoms with Crippen molar-refractivity contribution in [1.29, 1.82) is 0 Å². The number of carbonyl (C=O) groups is 1. The first-order valence-electron chi connectivity index (χ1n) is 7.67. The number of hydrogen-bond acceptors (Lipinski definition) is 2. The van der Waals surface area contributed by atoms with Crippen LogP contribution in [0.15, 0.2) is 72.9 Å². The summed E-state index contributed by atoms with van der Waals surface area (Å²) in [6.45, 7) is 2.40. The Balaban J connectivity index is 1.96. The largest absolute Gasteiger partial charge is 0.288 e. The van der Waals surface area contributed by atoms with Crippen molar-refractivity contribution < 1.29 is 4.79 Å². The molecule has 0 atom stereocenters. The zero-order valence-corrected chi connectivity index (χ0v) is 14.1. The van der Waals surface area contributed by atoms with Gasteiger partial charge in [0.2, 0.25) is 0 Å². The van der Waals surface area contributed by atoms with Gasteiger partial charge < -0.3 is 0 Å². The van der Waals surface area contributed by atoms with Gasteiger partial charge in [-0.3, -0.25) is 9.69 Å². The van der Waals surface area contributed by atoms with Crippen LogP contribution in [-0.2, 0) is 6.54 Å². The topological polar surface area (TPSA) is 33.2 Å². The second-order valence-electron chi connectivity index (χ2n) is 5.58. The lowest BCUT2D eigenvalue weighted by molar-refractivity contribution is 0.0984. The maximum Gasteiger partial charge on any atom is 0.259 e. The average Bonchev–Trinajstić information content (AvgIpc) is 2.61. The summed E-state index contributed by atoms with van der Waals surface area (Å²) in [7, 11) is 0. The normalized spacial score (nSPS) is 10.4. The summed E-state index contributed by atoms with van der Waals surface area (Å²) in [5.41, 5.74) is 2.70. The van der Waals surface area contributed by atoms with Crippen molar-refractivity contribution in [3.8, 4) is 0 Å². The van der Waals surface area contributed by atoms with E-state index in [1.165, 1.54) is 0 Å². The lowest BCUT2D eigenvalue weighted by atomic mass is 10.1. The van der Waals surface area contributed by atoms with E-state index in [2.05, 4.69) is 4.98 Å². The monoisotopic (exact) mass is 336 g/mol. The molecule has 0 fully saturated rings. The van der Waals surface area contributed by atoms with Gasteiger partial charge in [0.25, 0.3) is 5.91 Å². The number of rotatable bonds is 4. The predicted octanol–water partition coefficient (Wildman–Crippen LogP) is 4.89. The molecule has 3 aromatic rings. The molecular weight excluding hydrogens is 320 g/mol. The summed E-state index contributed by atoms with van der Waals surface area (Å²) in [6, 6.07) is 20.6. The molecule has 24 heavy (non-hydrogen) atoms. The molecule has 0 aliphatic rings. The fraction of sp³-hybridized carbons (Fsp3) is 0.100. The molecule has 1 aromatic heterocycles. The zero-order valence-electron chi connectivity index (χ0n) is 13.3. The van der Waals surface area contributed by atoms with E-state index in [1.807, 2.05) is 73.7 Å². The molecule has 3 rings (SSSR count). The van der Waals surface area contributed by atoms with E-state index in [-0.39, 0.29) is 5.91 Å². The van der Waals surface area contributed by atoms with E-state index in [4.69, 9.17) is 11.6 Å². The molecule has 0 aliphatic carbocycles. The molecule has 0 saturated heterocycles. The number of aromatic nitrogens is 1. The van der Waals surface area contributed by atoms with E-state index in [9.17, 15) is 4.79 Å². The maximum absolute atomic E-state index is 13.0. The summed E-state index contributed by atoms with van der Waals surface area (Å²) in [5, 5.41) is 0.649. The Morgan fingerprint density at radius 1 is 1.04 bits per heavy atom. The minimum absolute atomic E-state index is 0.0892. The highest BCUT2D eigenvalue weighted by atomic mass is 35.5. The van der Waals surface area contributed by atoms with Crippen LogP contribution in [0.4, 0.5) is 5.82 Å². The minimum Gasteiger partial charge on any atom is -0.288 e. The molecule has 0 unspecified atom stereocenters. The standard InChI is InChI=1S/C20H17ClN2O/c1-15-8-10-17(11-9-15)20(24)23(19-7-2-3-12-22-19)14-16-5-4-6-18(21)13-16/h2-13H,14H2,1H3. The maximum atomic E-state index is 13.0. The average molecular weight is 337 g/mol. The van der Waals surface area contributed by atoms with Crippen LogP contribution in [0.1, 0.15) is 21.5 Å². The van der Waals surface area contributed by atoms with Crippen molar-refractivity contribution >= 4 is 23.3 Å². The number of halogens is 1. The van der Waals surface area contributed by atoms with Gasteiger partial charge in [-0.15, -0.1) is 0 Å². The van der Waals surface area contributed by atoms with Crippen LogP contribution in [0.2, 0.25) is 5.02 Å².